The van der Waals surface area contributed by atoms with Crippen molar-refractivity contribution in [2.24, 2.45) is 5.92 Å². The molecule has 2 fully saturated rings. The third kappa shape index (κ3) is 2.81. The van der Waals surface area contributed by atoms with Crippen LogP contribution < -0.4 is 0 Å². The lowest BCUT2D eigenvalue weighted by atomic mass is 9.84. The number of likely N-dealkylation sites (tertiary alicyclic amines) is 1. The van der Waals surface area contributed by atoms with E-state index in [0.29, 0.717) is 18.0 Å². The molecule has 6 nitrogen and oxygen atoms in total. The Morgan fingerprint density at radius 3 is 2.60 bits per heavy atom. The molecule has 0 unspecified atom stereocenters. The van der Waals surface area contributed by atoms with Crippen LogP contribution in [0.15, 0.2) is 42.6 Å². The Labute approximate surface area is 146 Å². The fourth-order valence-electron chi connectivity index (χ4n) is 4.27. The van der Waals surface area contributed by atoms with Crippen LogP contribution in [0.2, 0.25) is 0 Å². The molecule has 0 radical (unpaired) electrons. The van der Waals surface area contributed by atoms with Gasteiger partial charge in [0.05, 0.1) is 5.69 Å². The number of nitrogens with zero attached hydrogens (tertiary/aromatic N) is 3. The van der Waals surface area contributed by atoms with Crippen LogP contribution in [0.4, 0.5) is 0 Å². The molecule has 1 aliphatic heterocycles. The Kier molecular flexibility index (Phi) is 4.03. The lowest BCUT2D eigenvalue weighted by Gasteiger charge is -2.32. The van der Waals surface area contributed by atoms with E-state index in [2.05, 4.69) is 5.10 Å². The van der Waals surface area contributed by atoms with Gasteiger partial charge in [-0.25, -0.2) is 9.48 Å². The number of carbonyl (C=O) groups is 2. The van der Waals surface area contributed by atoms with Crippen molar-refractivity contribution in [3.8, 4) is 5.69 Å². The Balaban J connectivity index is 1.63. The van der Waals surface area contributed by atoms with Crippen LogP contribution in [-0.2, 0) is 4.79 Å². The van der Waals surface area contributed by atoms with Gasteiger partial charge in [0, 0.05) is 12.2 Å². The molecule has 2 heterocycles. The summed E-state index contributed by atoms with van der Waals surface area (Å²) in [5.41, 5.74) is 1.18. The number of hydrogen-bond donors (Lipinski definition) is 1. The molecule has 4 rings (SSSR count). The first-order valence-corrected chi connectivity index (χ1v) is 8.81. The van der Waals surface area contributed by atoms with Crippen molar-refractivity contribution in [2.75, 3.05) is 0 Å². The highest BCUT2D eigenvalue weighted by atomic mass is 16.4. The van der Waals surface area contributed by atoms with Gasteiger partial charge in [0.1, 0.15) is 6.04 Å². The van der Waals surface area contributed by atoms with Crippen LogP contribution in [0.5, 0.6) is 0 Å². The van der Waals surface area contributed by atoms with Crippen molar-refractivity contribution < 1.29 is 14.7 Å². The number of amides is 1. The number of aromatic nitrogens is 2. The monoisotopic (exact) mass is 339 g/mol. The normalized spacial score (nSPS) is 25.6. The van der Waals surface area contributed by atoms with Crippen LogP contribution in [0.3, 0.4) is 0 Å². The van der Waals surface area contributed by atoms with Gasteiger partial charge in [-0.3, -0.25) is 4.79 Å². The van der Waals surface area contributed by atoms with Gasteiger partial charge in [-0.15, -0.1) is 0 Å². The SMILES string of the molecule is O=C(O)[C@@H]1C[C@@H]2CCCC[C@H]2N1C(=O)c1ccn(-c2ccccc2)n1. The number of hydrogen-bond acceptors (Lipinski definition) is 3. The number of carboxylic acid groups (broad SMARTS) is 1. The van der Waals surface area contributed by atoms with E-state index < -0.39 is 12.0 Å². The van der Waals surface area contributed by atoms with Crippen molar-refractivity contribution in [2.45, 2.75) is 44.2 Å². The molecule has 1 N–H and O–H groups in total. The number of aliphatic carboxylic acids is 1. The highest BCUT2D eigenvalue weighted by Crippen LogP contribution is 2.40. The van der Waals surface area contributed by atoms with Crippen LogP contribution in [-0.4, -0.2) is 43.7 Å². The maximum atomic E-state index is 13.0. The van der Waals surface area contributed by atoms with Gasteiger partial charge < -0.3 is 10.0 Å². The molecule has 25 heavy (non-hydrogen) atoms. The summed E-state index contributed by atoms with van der Waals surface area (Å²) in [6.07, 6.45) is 6.38. The topological polar surface area (TPSA) is 75.4 Å². The molecule has 1 saturated heterocycles. The third-order valence-electron chi connectivity index (χ3n) is 5.44. The van der Waals surface area contributed by atoms with E-state index in [1.54, 1.807) is 21.8 Å². The van der Waals surface area contributed by atoms with Crippen molar-refractivity contribution in [3.05, 3.63) is 48.3 Å². The van der Waals surface area contributed by atoms with Gasteiger partial charge in [0.2, 0.25) is 0 Å². The van der Waals surface area contributed by atoms with Crippen molar-refractivity contribution in [3.63, 3.8) is 0 Å². The molecule has 1 aromatic carbocycles. The second-order valence-corrected chi connectivity index (χ2v) is 6.90. The first-order valence-electron chi connectivity index (χ1n) is 8.81. The molecule has 1 amide bonds. The lowest BCUT2D eigenvalue weighted by molar-refractivity contribution is -0.141. The summed E-state index contributed by atoms with van der Waals surface area (Å²) in [4.78, 5) is 26.3. The minimum atomic E-state index is -0.912. The van der Waals surface area contributed by atoms with Crippen molar-refractivity contribution in [1.82, 2.24) is 14.7 Å². The molecule has 1 saturated carbocycles. The second-order valence-electron chi connectivity index (χ2n) is 6.90. The van der Waals surface area contributed by atoms with E-state index in [1.807, 2.05) is 30.3 Å². The zero-order valence-corrected chi connectivity index (χ0v) is 13.9. The molecule has 130 valence electrons. The Bertz CT molecular complexity index is 786. The summed E-state index contributed by atoms with van der Waals surface area (Å²) in [5.74, 6) is -0.878. The summed E-state index contributed by atoms with van der Waals surface area (Å²) in [7, 11) is 0. The standard InChI is InChI=1S/C19H21N3O3/c23-18(15-10-11-21(20-15)14-7-2-1-3-8-14)22-16-9-5-4-6-13(16)12-17(22)19(24)25/h1-3,7-8,10-11,13,16-17H,4-6,9,12H2,(H,24,25)/t13-,16+,17-/m0/s1. The smallest absolute Gasteiger partial charge is 0.326 e. The zero-order chi connectivity index (χ0) is 17.4. The van der Waals surface area contributed by atoms with Crippen LogP contribution in [0.1, 0.15) is 42.6 Å². The highest BCUT2D eigenvalue weighted by molar-refractivity contribution is 5.95. The molecule has 2 aliphatic rings. The maximum Gasteiger partial charge on any atom is 0.326 e. The second kappa shape index (κ2) is 6.35. The first kappa shape index (κ1) is 15.9. The number of para-hydroxylation sites is 1. The van der Waals surface area contributed by atoms with Gasteiger partial charge >= 0.3 is 5.97 Å². The molecular formula is C19H21N3O3. The van der Waals surface area contributed by atoms with Crippen LogP contribution >= 0.6 is 0 Å². The first-order chi connectivity index (χ1) is 12.1. The van der Waals surface area contributed by atoms with E-state index in [4.69, 9.17) is 0 Å². The number of rotatable bonds is 3. The highest BCUT2D eigenvalue weighted by Gasteiger charge is 2.48. The Morgan fingerprint density at radius 2 is 1.84 bits per heavy atom. The molecule has 1 aromatic heterocycles. The van der Waals surface area contributed by atoms with E-state index in [9.17, 15) is 14.7 Å². The molecule has 1 aliphatic carbocycles. The zero-order valence-electron chi connectivity index (χ0n) is 13.9. The van der Waals surface area contributed by atoms with Gasteiger partial charge in [0.15, 0.2) is 5.69 Å². The molecular weight excluding hydrogens is 318 g/mol. The molecule has 3 atom stereocenters. The predicted octanol–water partition coefficient (Wildman–Crippen LogP) is 2.73. The van der Waals surface area contributed by atoms with E-state index >= 15 is 0 Å². The summed E-state index contributed by atoms with van der Waals surface area (Å²) in [6, 6.07) is 10.5. The van der Waals surface area contributed by atoms with Crippen LogP contribution in [0, 0.1) is 5.92 Å². The van der Waals surface area contributed by atoms with Gasteiger partial charge in [-0.05, 0) is 43.4 Å². The van der Waals surface area contributed by atoms with E-state index in [1.165, 1.54) is 0 Å². The number of benzene rings is 1. The summed E-state index contributed by atoms with van der Waals surface area (Å²) >= 11 is 0. The van der Waals surface area contributed by atoms with Crippen LogP contribution in [0.25, 0.3) is 5.69 Å². The average molecular weight is 339 g/mol. The number of fused-ring (bicyclic) bond motifs is 1. The molecule has 0 spiro atoms. The number of carboxylic acids is 1. The Morgan fingerprint density at radius 1 is 1.08 bits per heavy atom. The average Bonchev–Trinajstić information content (AvgIpc) is 3.27. The van der Waals surface area contributed by atoms with Gasteiger partial charge in [-0.1, -0.05) is 31.0 Å². The third-order valence-corrected chi connectivity index (χ3v) is 5.44. The fraction of sp³-hybridized carbons (Fsp3) is 0.421. The van der Waals surface area contributed by atoms with E-state index in [0.717, 1.165) is 31.4 Å². The van der Waals surface area contributed by atoms with Crippen molar-refractivity contribution >= 4 is 11.9 Å². The van der Waals surface area contributed by atoms with E-state index in [-0.39, 0.29) is 11.9 Å². The predicted molar refractivity (Wildman–Crippen MR) is 91.5 cm³/mol. The largest absolute Gasteiger partial charge is 0.480 e. The lowest BCUT2D eigenvalue weighted by Crippen LogP contribution is -2.46. The summed E-state index contributed by atoms with van der Waals surface area (Å²) in [5, 5.41) is 14.0. The molecule has 0 bridgehead atoms. The quantitative estimate of drug-likeness (QED) is 0.933. The maximum absolute atomic E-state index is 13.0. The number of carbonyl (C=O) groups excluding carboxylic acids is 1. The fourth-order valence-corrected chi connectivity index (χ4v) is 4.27. The summed E-state index contributed by atoms with van der Waals surface area (Å²) < 4.78 is 1.65. The molecule has 2 aromatic rings. The Hall–Kier alpha value is -2.63. The minimum Gasteiger partial charge on any atom is -0.480 e. The van der Waals surface area contributed by atoms with Crippen molar-refractivity contribution in [1.29, 1.82) is 0 Å². The van der Waals surface area contributed by atoms with Gasteiger partial charge in [-0.2, -0.15) is 5.10 Å². The summed E-state index contributed by atoms with van der Waals surface area (Å²) in [6.45, 7) is 0. The minimum absolute atomic E-state index is 0.0317. The van der Waals surface area contributed by atoms with Gasteiger partial charge in [0.25, 0.3) is 5.91 Å². The molecule has 6 heteroatoms.